The summed E-state index contributed by atoms with van der Waals surface area (Å²) in [5.74, 6) is 0. The van der Waals surface area contributed by atoms with Crippen LogP contribution in [0.3, 0.4) is 0 Å². The van der Waals surface area contributed by atoms with E-state index in [2.05, 4.69) is 221 Å². The van der Waals surface area contributed by atoms with Crippen molar-refractivity contribution in [3.63, 3.8) is 0 Å². The van der Waals surface area contributed by atoms with Crippen molar-refractivity contribution in [1.29, 1.82) is 0 Å². The zero-order valence-corrected chi connectivity index (χ0v) is 31.7. The molecule has 2 unspecified atom stereocenters. The van der Waals surface area contributed by atoms with Crippen molar-refractivity contribution >= 4 is 63.1 Å². The van der Waals surface area contributed by atoms with Gasteiger partial charge in [-0.1, -0.05) is 172 Å². The summed E-state index contributed by atoms with van der Waals surface area (Å²) in [4.78, 5) is 0. The van der Waals surface area contributed by atoms with Crippen LogP contribution in [-0.4, -0.2) is 9.13 Å². The Hall–Kier alpha value is -6.73. The predicted octanol–water partition coefficient (Wildman–Crippen LogP) is 14.4. The predicted molar refractivity (Wildman–Crippen MR) is 240 cm³/mol. The van der Waals surface area contributed by atoms with Gasteiger partial charge in [0.2, 0.25) is 0 Å². The highest BCUT2D eigenvalue weighted by Crippen LogP contribution is 2.52. The van der Waals surface area contributed by atoms with E-state index in [1.807, 2.05) is 0 Å². The first-order valence-electron chi connectivity index (χ1n) is 19.3. The summed E-state index contributed by atoms with van der Waals surface area (Å²) >= 11 is 0. The Balaban J connectivity index is 1.09. The molecule has 56 heavy (non-hydrogen) atoms. The first kappa shape index (κ1) is 32.7. The van der Waals surface area contributed by atoms with E-state index in [1.54, 1.807) is 0 Å². The number of rotatable bonds is 6. The highest BCUT2D eigenvalue weighted by molar-refractivity contribution is 7.51. The van der Waals surface area contributed by atoms with Gasteiger partial charge in [-0.3, -0.25) is 0 Å². The largest absolute Gasteiger partial charge is 0.309 e. The summed E-state index contributed by atoms with van der Waals surface area (Å²) in [7, 11) is 0.631. The van der Waals surface area contributed by atoms with Gasteiger partial charge in [0.1, 0.15) is 0 Å². The van der Waals surface area contributed by atoms with Crippen LogP contribution in [0.1, 0.15) is 22.3 Å². The topological polar surface area (TPSA) is 9.86 Å². The van der Waals surface area contributed by atoms with Crippen molar-refractivity contribution in [2.75, 3.05) is 0 Å². The maximum atomic E-state index is 2.47. The fraction of sp³-hybridized carbons (Fsp3) is 0.0189. The molecule has 0 aliphatic carbocycles. The standard InChI is InChI=1S/C53H37N2P/c1-3-15-36(16-4-1)40-33-52(38-17-5-2-6-18-38)56-53(34-40)39-29-27-37(28-30-39)46-35-41(54-47-23-11-7-19-42(47)43-20-8-12-24-48(43)54)31-32-51(46)55-49-25-13-9-21-44(49)45-22-10-14-26-50(45)55/h1-35,53,56H. The molecule has 264 valence electrons. The molecule has 1 aliphatic rings. The molecular weight excluding hydrogens is 696 g/mol. The van der Waals surface area contributed by atoms with Crippen molar-refractivity contribution < 1.29 is 0 Å². The average molecular weight is 733 g/mol. The van der Waals surface area contributed by atoms with Crippen molar-refractivity contribution in [1.82, 2.24) is 9.13 Å². The van der Waals surface area contributed by atoms with Crippen molar-refractivity contribution in [3.05, 3.63) is 229 Å². The number of hydrogen-bond acceptors (Lipinski definition) is 0. The van der Waals surface area contributed by atoms with Gasteiger partial charge in [0.25, 0.3) is 0 Å². The lowest BCUT2D eigenvalue weighted by Gasteiger charge is -2.24. The minimum Gasteiger partial charge on any atom is -0.309 e. The fourth-order valence-corrected chi connectivity index (χ4v) is 10.3. The molecule has 10 aromatic rings. The monoisotopic (exact) mass is 732 g/mol. The molecule has 0 saturated heterocycles. The van der Waals surface area contributed by atoms with Crippen LogP contribution in [0, 0.1) is 0 Å². The van der Waals surface area contributed by atoms with E-state index in [9.17, 15) is 0 Å². The highest BCUT2D eigenvalue weighted by Gasteiger charge is 2.21. The second-order valence-corrected chi connectivity index (χ2v) is 16.0. The molecule has 2 atom stereocenters. The Morgan fingerprint density at radius 3 is 1.43 bits per heavy atom. The minimum atomic E-state index is 0.278. The van der Waals surface area contributed by atoms with Gasteiger partial charge in [-0.2, -0.15) is 0 Å². The van der Waals surface area contributed by atoms with Gasteiger partial charge in [0, 0.05) is 38.5 Å². The van der Waals surface area contributed by atoms with Crippen molar-refractivity contribution in [3.8, 4) is 22.5 Å². The Kier molecular flexibility index (Phi) is 7.90. The maximum absolute atomic E-state index is 2.47. The number of allylic oxidation sites excluding steroid dienone is 3. The van der Waals surface area contributed by atoms with Gasteiger partial charge in [-0.15, -0.1) is 0 Å². The van der Waals surface area contributed by atoms with Gasteiger partial charge in [-0.05, 0) is 81.7 Å². The third kappa shape index (κ3) is 5.45. The van der Waals surface area contributed by atoms with E-state index in [-0.39, 0.29) is 5.66 Å². The maximum Gasteiger partial charge on any atom is 0.0542 e. The molecular formula is C53H37N2P. The van der Waals surface area contributed by atoms with E-state index in [1.165, 1.54) is 88.0 Å². The van der Waals surface area contributed by atoms with E-state index in [0.717, 1.165) is 5.69 Å². The van der Waals surface area contributed by atoms with Crippen LogP contribution in [0.25, 0.3) is 77.0 Å². The zero-order valence-electron chi connectivity index (χ0n) is 30.7. The molecule has 0 saturated carbocycles. The molecule has 0 fully saturated rings. The smallest absolute Gasteiger partial charge is 0.0542 e. The SMILES string of the molecule is C1=C(c2ccccc2)C=C(c2ccccc2)PC1c1ccc(-c2cc(-n3c4ccccc4c4ccccc43)ccc2-n2c3ccccc3c3ccccc32)cc1. The summed E-state index contributed by atoms with van der Waals surface area (Å²) in [6.07, 6.45) is 4.87. The summed E-state index contributed by atoms with van der Waals surface area (Å²) in [6, 6.07) is 73.2. The summed E-state index contributed by atoms with van der Waals surface area (Å²) in [6.45, 7) is 0. The molecule has 2 nitrogen and oxygen atoms in total. The minimum absolute atomic E-state index is 0.278. The van der Waals surface area contributed by atoms with Gasteiger partial charge in [-0.25, -0.2) is 0 Å². The molecule has 8 aromatic carbocycles. The zero-order chi connectivity index (χ0) is 37.0. The second kappa shape index (κ2) is 13.5. The fourth-order valence-electron chi connectivity index (χ4n) is 8.75. The number of para-hydroxylation sites is 4. The molecule has 0 radical (unpaired) electrons. The van der Waals surface area contributed by atoms with E-state index < -0.39 is 0 Å². The molecule has 11 rings (SSSR count). The van der Waals surface area contributed by atoms with Crippen molar-refractivity contribution in [2.45, 2.75) is 5.66 Å². The molecule has 0 N–H and O–H groups in total. The van der Waals surface area contributed by atoms with E-state index in [0.29, 0.717) is 8.58 Å². The summed E-state index contributed by atoms with van der Waals surface area (Å²) in [5, 5.41) is 6.45. The number of fused-ring (bicyclic) bond motifs is 6. The van der Waals surface area contributed by atoms with Crippen LogP contribution in [-0.2, 0) is 0 Å². The first-order chi connectivity index (χ1) is 27.8. The van der Waals surface area contributed by atoms with E-state index in [4.69, 9.17) is 0 Å². The third-order valence-electron chi connectivity index (χ3n) is 11.4. The molecule has 2 aromatic heterocycles. The molecule has 0 bridgehead atoms. The summed E-state index contributed by atoms with van der Waals surface area (Å²) < 4.78 is 4.88. The van der Waals surface area contributed by atoms with Gasteiger partial charge >= 0.3 is 0 Å². The second-order valence-electron chi connectivity index (χ2n) is 14.6. The van der Waals surface area contributed by atoms with Crippen LogP contribution in [0.2, 0.25) is 0 Å². The van der Waals surface area contributed by atoms with Gasteiger partial charge < -0.3 is 9.13 Å². The van der Waals surface area contributed by atoms with Crippen LogP contribution in [0.5, 0.6) is 0 Å². The number of nitrogens with zero attached hydrogens (tertiary/aromatic N) is 2. The van der Waals surface area contributed by atoms with Crippen LogP contribution >= 0.6 is 8.58 Å². The lowest BCUT2D eigenvalue weighted by Crippen LogP contribution is -2.01. The van der Waals surface area contributed by atoms with Crippen molar-refractivity contribution in [2.24, 2.45) is 0 Å². The Labute approximate surface area is 328 Å². The van der Waals surface area contributed by atoms with Crippen LogP contribution < -0.4 is 0 Å². The Morgan fingerprint density at radius 1 is 0.393 bits per heavy atom. The number of aromatic nitrogens is 2. The normalized spacial score (nSPS) is 14.8. The first-order valence-corrected chi connectivity index (χ1v) is 20.4. The van der Waals surface area contributed by atoms with Gasteiger partial charge in [0.15, 0.2) is 0 Å². The Morgan fingerprint density at radius 2 is 0.875 bits per heavy atom. The average Bonchev–Trinajstić information content (AvgIpc) is 3.80. The van der Waals surface area contributed by atoms with Crippen LogP contribution in [0.4, 0.5) is 0 Å². The lowest BCUT2D eigenvalue weighted by molar-refractivity contribution is 1.15. The molecule has 3 heterocycles. The number of benzene rings is 8. The Bertz CT molecular complexity index is 3040. The quantitative estimate of drug-likeness (QED) is 0.151. The molecule has 1 aliphatic heterocycles. The lowest BCUT2D eigenvalue weighted by atomic mass is 9.97. The third-order valence-corrected chi connectivity index (χ3v) is 12.9. The highest BCUT2D eigenvalue weighted by atomic mass is 31.1. The number of hydrogen-bond donors (Lipinski definition) is 0. The molecule has 0 amide bonds. The molecule has 0 spiro atoms. The van der Waals surface area contributed by atoms with Crippen LogP contribution in [0.15, 0.2) is 212 Å². The van der Waals surface area contributed by atoms with E-state index >= 15 is 0 Å². The van der Waals surface area contributed by atoms with Gasteiger partial charge in [0.05, 0.1) is 27.8 Å². The summed E-state index contributed by atoms with van der Waals surface area (Å²) in [5.41, 5.74) is 15.0. The molecule has 3 heteroatoms.